The Bertz CT molecular complexity index is 705. The number of likely N-dealkylation sites (tertiary alicyclic amines) is 1. The molecular weight excluding hydrogens is 370 g/mol. The maximum Gasteiger partial charge on any atom is 0.245 e. The molecule has 0 bridgehead atoms. The molecule has 0 aromatic carbocycles. The van der Waals surface area contributed by atoms with Crippen molar-refractivity contribution in [2.45, 2.75) is 72.4 Å². The molecule has 2 rings (SSSR count). The van der Waals surface area contributed by atoms with Gasteiger partial charge in [-0.25, -0.2) is 4.68 Å². The topological polar surface area (TPSA) is 96.3 Å². The van der Waals surface area contributed by atoms with Gasteiger partial charge in [0.05, 0.1) is 12.2 Å². The molecule has 8 nitrogen and oxygen atoms in total. The van der Waals surface area contributed by atoms with Crippen LogP contribution in [0.1, 0.15) is 66.3 Å². The third-order valence-corrected chi connectivity index (χ3v) is 5.04. The van der Waals surface area contributed by atoms with Gasteiger partial charge in [0.1, 0.15) is 11.9 Å². The van der Waals surface area contributed by atoms with Gasteiger partial charge < -0.3 is 15.5 Å². The number of carbonyl (C=O) groups excluding carboxylic acids is 3. The van der Waals surface area contributed by atoms with Crippen LogP contribution in [0.2, 0.25) is 0 Å². The van der Waals surface area contributed by atoms with E-state index in [4.69, 9.17) is 0 Å². The number of amides is 3. The van der Waals surface area contributed by atoms with E-state index < -0.39 is 6.04 Å². The fraction of sp³-hybridized carbons (Fsp3) is 0.714. The first-order valence-corrected chi connectivity index (χ1v) is 10.6. The summed E-state index contributed by atoms with van der Waals surface area (Å²) in [6.45, 7) is 10.8. The van der Waals surface area contributed by atoms with Crippen molar-refractivity contribution in [2.24, 2.45) is 11.8 Å². The van der Waals surface area contributed by atoms with E-state index in [0.717, 1.165) is 12.8 Å². The highest BCUT2D eigenvalue weighted by atomic mass is 16.2. The van der Waals surface area contributed by atoms with Gasteiger partial charge in [0.15, 0.2) is 0 Å². The predicted molar refractivity (Wildman–Crippen MR) is 112 cm³/mol. The lowest BCUT2D eigenvalue weighted by Gasteiger charge is -2.35. The first kappa shape index (κ1) is 22.9. The molecule has 0 saturated carbocycles. The van der Waals surface area contributed by atoms with Gasteiger partial charge in [-0.15, -0.1) is 0 Å². The van der Waals surface area contributed by atoms with Gasteiger partial charge in [-0.2, -0.15) is 5.10 Å². The summed E-state index contributed by atoms with van der Waals surface area (Å²) in [5, 5.41) is 10.1. The summed E-state index contributed by atoms with van der Waals surface area (Å²) in [5.74, 6) is 1.10. The highest BCUT2D eigenvalue weighted by molar-refractivity contribution is 5.90. The minimum absolute atomic E-state index is 0.0128. The second-order valence-corrected chi connectivity index (χ2v) is 8.75. The fourth-order valence-corrected chi connectivity index (χ4v) is 3.76. The van der Waals surface area contributed by atoms with Gasteiger partial charge in [-0.3, -0.25) is 14.4 Å². The van der Waals surface area contributed by atoms with Gasteiger partial charge in [-0.05, 0) is 31.1 Å². The quantitative estimate of drug-likeness (QED) is 0.695. The third kappa shape index (κ3) is 6.87. The zero-order valence-electron chi connectivity index (χ0n) is 18.3. The molecule has 1 aliphatic rings. The molecule has 2 heterocycles. The van der Waals surface area contributed by atoms with E-state index in [0.29, 0.717) is 43.6 Å². The first-order valence-electron chi connectivity index (χ1n) is 10.6. The number of nitrogens with zero attached hydrogens (tertiary/aromatic N) is 3. The van der Waals surface area contributed by atoms with E-state index in [-0.39, 0.29) is 23.8 Å². The monoisotopic (exact) mass is 405 g/mol. The average molecular weight is 406 g/mol. The van der Waals surface area contributed by atoms with Crippen LogP contribution < -0.4 is 10.6 Å². The number of anilines is 1. The summed E-state index contributed by atoms with van der Waals surface area (Å²) in [6, 6.07) is 1.47. The zero-order valence-corrected chi connectivity index (χ0v) is 18.3. The molecular formula is C21H35N5O3. The van der Waals surface area contributed by atoms with Gasteiger partial charge >= 0.3 is 0 Å². The highest BCUT2D eigenvalue weighted by Gasteiger charge is 2.30. The van der Waals surface area contributed by atoms with E-state index in [1.165, 1.54) is 6.92 Å². The molecule has 1 aliphatic heterocycles. The van der Waals surface area contributed by atoms with Crippen LogP contribution in [0.15, 0.2) is 12.3 Å². The number of rotatable bonds is 8. The minimum Gasteiger partial charge on any atom is -0.345 e. The molecule has 8 heteroatoms. The lowest BCUT2D eigenvalue weighted by atomic mass is 10.00. The standard InChI is InChI=1S/C21H35N5O3/c1-14(2)12-18(23-16(5)27)21(29)25-10-7-17(8-11-25)26-19(6-9-22-26)24-20(28)13-15(3)4/h6,9,14-15,17-18H,7-8,10-13H2,1-5H3,(H,23,27)(H,24,28)/t18-/m0/s1. The molecule has 0 aliphatic carbocycles. The molecule has 3 amide bonds. The summed E-state index contributed by atoms with van der Waals surface area (Å²) >= 11 is 0. The summed E-state index contributed by atoms with van der Waals surface area (Å²) < 4.78 is 1.86. The van der Waals surface area contributed by atoms with Gasteiger partial charge in [0, 0.05) is 32.5 Å². The predicted octanol–water partition coefficient (Wildman–Crippen LogP) is 2.58. The van der Waals surface area contributed by atoms with E-state index >= 15 is 0 Å². The Morgan fingerprint density at radius 2 is 1.79 bits per heavy atom. The smallest absolute Gasteiger partial charge is 0.245 e. The van der Waals surface area contributed by atoms with Crippen LogP contribution in [-0.4, -0.2) is 51.5 Å². The second kappa shape index (κ2) is 10.4. The van der Waals surface area contributed by atoms with Crippen LogP contribution in [0.4, 0.5) is 5.82 Å². The summed E-state index contributed by atoms with van der Waals surface area (Å²) in [4.78, 5) is 38.3. The maximum absolute atomic E-state index is 12.9. The lowest BCUT2D eigenvalue weighted by molar-refractivity contribution is -0.137. The molecule has 0 spiro atoms. The van der Waals surface area contributed by atoms with Gasteiger partial charge in [-0.1, -0.05) is 27.7 Å². The highest BCUT2D eigenvalue weighted by Crippen LogP contribution is 2.26. The number of piperidine rings is 1. The molecule has 0 radical (unpaired) electrons. The van der Waals surface area contributed by atoms with Crippen LogP contribution >= 0.6 is 0 Å². The number of hydrogen-bond donors (Lipinski definition) is 2. The van der Waals surface area contributed by atoms with Crippen LogP contribution in [0.3, 0.4) is 0 Å². The van der Waals surface area contributed by atoms with Crippen molar-refractivity contribution in [3.63, 3.8) is 0 Å². The number of aromatic nitrogens is 2. The Balaban J connectivity index is 1.96. The van der Waals surface area contributed by atoms with Crippen molar-refractivity contribution in [2.75, 3.05) is 18.4 Å². The van der Waals surface area contributed by atoms with Gasteiger partial charge in [0.25, 0.3) is 0 Å². The fourth-order valence-electron chi connectivity index (χ4n) is 3.76. The molecule has 1 aromatic heterocycles. The van der Waals surface area contributed by atoms with Crippen LogP contribution in [-0.2, 0) is 14.4 Å². The van der Waals surface area contributed by atoms with E-state index in [1.807, 2.05) is 43.3 Å². The van der Waals surface area contributed by atoms with Crippen molar-refractivity contribution in [3.05, 3.63) is 12.3 Å². The van der Waals surface area contributed by atoms with Crippen molar-refractivity contribution in [1.82, 2.24) is 20.0 Å². The average Bonchev–Trinajstić information content (AvgIpc) is 3.07. The molecule has 162 valence electrons. The second-order valence-electron chi connectivity index (χ2n) is 8.75. The zero-order chi connectivity index (χ0) is 21.6. The Labute approximate surface area is 173 Å². The molecule has 0 unspecified atom stereocenters. The third-order valence-electron chi connectivity index (χ3n) is 5.04. The van der Waals surface area contributed by atoms with E-state index in [2.05, 4.69) is 15.7 Å². The van der Waals surface area contributed by atoms with Crippen molar-refractivity contribution < 1.29 is 14.4 Å². The largest absolute Gasteiger partial charge is 0.345 e. The molecule has 2 N–H and O–H groups in total. The molecule has 1 atom stereocenters. The minimum atomic E-state index is -0.473. The maximum atomic E-state index is 12.9. The summed E-state index contributed by atoms with van der Waals surface area (Å²) in [5.41, 5.74) is 0. The van der Waals surface area contributed by atoms with Gasteiger partial charge in [0.2, 0.25) is 17.7 Å². The first-order chi connectivity index (χ1) is 13.7. The Hall–Kier alpha value is -2.38. The number of nitrogens with one attached hydrogen (secondary N) is 2. The molecule has 1 saturated heterocycles. The summed E-state index contributed by atoms with van der Waals surface area (Å²) in [7, 11) is 0. The molecule has 1 fully saturated rings. The summed E-state index contributed by atoms with van der Waals surface area (Å²) in [6.07, 6.45) is 4.31. The lowest BCUT2D eigenvalue weighted by Crippen LogP contribution is -2.51. The Morgan fingerprint density at radius 1 is 1.14 bits per heavy atom. The van der Waals surface area contributed by atoms with Crippen LogP contribution in [0.25, 0.3) is 0 Å². The van der Waals surface area contributed by atoms with Crippen molar-refractivity contribution in [3.8, 4) is 0 Å². The number of carbonyl (C=O) groups is 3. The van der Waals surface area contributed by atoms with E-state index in [9.17, 15) is 14.4 Å². The normalized spacial score (nSPS) is 16.2. The Morgan fingerprint density at radius 3 is 2.34 bits per heavy atom. The number of hydrogen-bond acceptors (Lipinski definition) is 4. The van der Waals surface area contributed by atoms with Crippen molar-refractivity contribution >= 4 is 23.5 Å². The molecule has 1 aromatic rings. The van der Waals surface area contributed by atoms with Crippen LogP contribution in [0.5, 0.6) is 0 Å². The Kier molecular flexibility index (Phi) is 8.22. The molecule has 29 heavy (non-hydrogen) atoms. The van der Waals surface area contributed by atoms with E-state index in [1.54, 1.807) is 6.20 Å². The van der Waals surface area contributed by atoms with Crippen LogP contribution in [0, 0.1) is 11.8 Å². The SMILES string of the molecule is CC(=O)N[C@@H](CC(C)C)C(=O)N1CCC(n2nccc2NC(=O)CC(C)C)CC1. The van der Waals surface area contributed by atoms with Crippen molar-refractivity contribution in [1.29, 1.82) is 0 Å².